The van der Waals surface area contributed by atoms with Crippen molar-refractivity contribution in [1.29, 1.82) is 0 Å². The molecular weight excluding hydrogens is 583 g/mol. The van der Waals surface area contributed by atoms with Crippen LogP contribution in [0.3, 0.4) is 0 Å². The van der Waals surface area contributed by atoms with Gasteiger partial charge in [0.2, 0.25) is 5.91 Å². The summed E-state index contributed by atoms with van der Waals surface area (Å²) >= 11 is 9.55. The fourth-order valence-corrected chi connectivity index (χ4v) is 3.88. The minimum atomic E-state index is -0.737. The fraction of sp³-hybridized carbons (Fsp3) is 0.0769. The zero-order valence-corrected chi connectivity index (χ0v) is 21.8. The summed E-state index contributed by atoms with van der Waals surface area (Å²) in [5.74, 6) is -2.19. The SMILES string of the molecule is O=C(CN1C(=O)N/C(=C\c2ccc(OCC(=O)Nc3ccccc3F)c(Cl)c2)C1=O)Nc1ccc(Br)cc1. The van der Waals surface area contributed by atoms with Crippen LogP contribution in [-0.4, -0.2) is 41.8 Å². The van der Waals surface area contributed by atoms with E-state index in [1.54, 1.807) is 36.4 Å². The lowest BCUT2D eigenvalue weighted by Crippen LogP contribution is -2.38. The zero-order chi connectivity index (χ0) is 27.2. The van der Waals surface area contributed by atoms with E-state index in [0.717, 1.165) is 9.37 Å². The van der Waals surface area contributed by atoms with Gasteiger partial charge < -0.3 is 20.7 Å². The number of para-hydroxylation sites is 1. The molecule has 0 radical (unpaired) electrons. The third kappa shape index (κ3) is 6.75. The molecule has 3 N–H and O–H groups in total. The van der Waals surface area contributed by atoms with E-state index < -0.39 is 42.7 Å². The number of carbonyl (C=O) groups is 4. The van der Waals surface area contributed by atoms with Crippen molar-refractivity contribution >= 4 is 68.7 Å². The molecule has 0 atom stereocenters. The summed E-state index contributed by atoms with van der Waals surface area (Å²) in [6.07, 6.45) is 1.40. The normalized spacial score (nSPS) is 13.9. The number of hydrogen-bond acceptors (Lipinski definition) is 5. The number of anilines is 2. The first-order valence-electron chi connectivity index (χ1n) is 11.1. The van der Waals surface area contributed by atoms with Crippen LogP contribution < -0.4 is 20.7 Å². The third-order valence-corrected chi connectivity index (χ3v) is 5.99. The van der Waals surface area contributed by atoms with Gasteiger partial charge in [-0.05, 0) is 60.2 Å². The van der Waals surface area contributed by atoms with Gasteiger partial charge >= 0.3 is 6.03 Å². The van der Waals surface area contributed by atoms with Gasteiger partial charge in [-0.2, -0.15) is 0 Å². The molecular formula is C26H19BrClFN4O5. The zero-order valence-electron chi connectivity index (χ0n) is 19.5. The molecule has 0 spiro atoms. The van der Waals surface area contributed by atoms with E-state index in [-0.39, 0.29) is 22.2 Å². The molecule has 4 rings (SSSR count). The van der Waals surface area contributed by atoms with E-state index in [1.807, 2.05) is 0 Å². The number of hydrogen-bond donors (Lipinski definition) is 3. The number of carbonyl (C=O) groups excluding carboxylic acids is 4. The summed E-state index contributed by atoms with van der Waals surface area (Å²) in [4.78, 5) is 50.2. The number of amides is 5. The number of halogens is 3. The Hall–Kier alpha value is -4.22. The van der Waals surface area contributed by atoms with Gasteiger partial charge in [-0.25, -0.2) is 14.1 Å². The van der Waals surface area contributed by atoms with E-state index >= 15 is 0 Å². The summed E-state index contributed by atoms with van der Waals surface area (Å²) in [6.45, 7) is -0.888. The molecule has 1 heterocycles. The van der Waals surface area contributed by atoms with Crippen LogP contribution in [0.25, 0.3) is 6.08 Å². The number of benzene rings is 3. The summed E-state index contributed by atoms with van der Waals surface area (Å²) in [5, 5.41) is 7.59. The minimum absolute atomic E-state index is 0.0253. The number of rotatable bonds is 8. The summed E-state index contributed by atoms with van der Waals surface area (Å²) < 4.78 is 19.9. The predicted octanol–water partition coefficient (Wildman–Crippen LogP) is 4.79. The number of imide groups is 1. The van der Waals surface area contributed by atoms with Crippen LogP contribution in [0, 0.1) is 5.82 Å². The monoisotopic (exact) mass is 600 g/mol. The molecule has 1 aliphatic rings. The van der Waals surface area contributed by atoms with Crippen LogP contribution in [0.5, 0.6) is 5.75 Å². The molecule has 0 aliphatic carbocycles. The molecule has 0 unspecified atom stereocenters. The fourth-order valence-electron chi connectivity index (χ4n) is 3.38. The quantitative estimate of drug-likeness (QED) is 0.254. The van der Waals surface area contributed by atoms with Crippen LogP contribution in [0.4, 0.5) is 20.6 Å². The van der Waals surface area contributed by atoms with Crippen molar-refractivity contribution in [2.45, 2.75) is 0 Å². The first-order chi connectivity index (χ1) is 18.2. The molecule has 0 bridgehead atoms. The van der Waals surface area contributed by atoms with Crippen molar-refractivity contribution in [3.63, 3.8) is 0 Å². The molecule has 3 aromatic carbocycles. The van der Waals surface area contributed by atoms with Crippen LogP contribution >= 0.6 is 27.5 Å². The Morgan fingerprint density at radius 3 is 2.47 bits per heavy atom. The van der Waals surface area contributed by atoms with E-state index in [2.05, 4.69) is 31.9 Å². The highest BCUT2D eigenvalue weighted by Gasteiger charge is 2.35. The molecule has 38 heavy (non-hydrogen) atoms. The molecule has 0 aromatic heterocycles. The molecule has 194 valence electrons. The first kappa shape index (κ1) is 26.8. The van der Waals surface area contributed by atoms with Gasteiger partial charge in [0.25, 0.3) is 11.8 Å². The second kappa shape index (κ2) is 11.9. The smallest absolute Gasteiger partial charge is 0.329 e. The molecule has 1 saturated heterocycles. The van der Waals surface area contributed by atoms with Gasteiger partial charge in [0.05, 0.1) is 10.7 Å². The van der Waals surface area contributed by atoms with Crippen molar-refractivity contribution in [2.24, 2.45) is 0 Å². The van der Waals surface area contributed by atoms with Crippen LogP contribution in [0.15, 0.2) is 76.9 Å². The average Bonchev–Trinajstić information content (AvgIpc) is 3.13. The number of ether oxygens (including phenoxy) is 1. The summed E-state index contributed by atoms with van der Waals surface area (Å²) in [5.41, 5.74) is 0.961. The average molecular weight is 602 g/mol. The third-order valence-electron chi connectivity index (χ3n) is 5.17. The van der Waals surface area contributed by atoms with Crippen molar-refractivity contribution in [3.8, 4) is 5.75 Å². The Labute approximate surface area is 229 Å². The minimum Gasteiger partial charge on any atom is -0.482 e. The number of urea groups is 1. The molecule has 0 saturated carbocycles. The van der Waals surface area contributed by atoms with E-state index in [9.17, 15) is 23.6 Å². The van der Waals surface area contributed by atoms with Gasteiger partial charge in [-0.1, -0.05) is 45.7 Å². The highest BCUT2D eigenvalue weighted by molar-refractivity contribution is 9.10. The maximum Gasteiger partial charge on any atom is 0.329 e. The summed E-state index contributed by atoms with van der Waals surface area (Å²) in [6, 6.07) is 16.3. The second-order valence-electron chi connectivity index (χ2n) is 7.94. The Morgan fingerprint density at radius 1 is 1.03 bits per heavy atom. The van der Waals surface area contributed by atoms with Crippen LogP contribution in [0.1, 0.15) is 5.56 Å². The molecule has 5 amide bonds. The van der Waals surface area contributed by atoms with Crippen molar-refractivity contribution in [1.82, 2.24) is 10.2 Å². The van der Waals surface area contributed by atoms with Crippen LogP contribution in [-0.2, 0) is 14.4 Å². The van der Waals surface area contributed by atoms with Gasteiger partial charge in [0.15, 0.2) is 6.61 Å². The van der Waals surface area contributed by atoms with Gasteiger partial charge in [-0.3, -0.25) is 14.4 Å². The van der Waals surface area contributed by atoms with Crippen molar-refractivity contribution in [3.05, 3.63) is 93.3 Å². The van der Waals surface area contributed by atoms with Crippen molar-refractivity contribution in [2.75, 3.05) is 23.8 Å². The highest BCUT2D eigenvalue weighted by Crippen LogP contribution is 2.27. The largest absolute Gasteiger partial charge is 0.482 e. The molecule has 1 aliphatic heterocycles. The van der Waals surface area contributed by atoms with E-state index in [0.29, 0.717) is 11.3 Å². The van der Waals surface area contributed by atoms with Gasteiger partial charge in [0, 0.05) is 10.2 Å². The molecule has 9 nitrogen and oxygen atoms in total. The van der Waals surface area contributed by atoms with Crippen LogP contribution in [0.2, 0.25) is 5.02 Å². The predicted molar refractivity (Wildman–Crippen MR) is 143 cm³/mol. The lowest BCUT2D eigenvalue weighted by Gasteiger charge is -2.12. The Morgan fingerprint density at radius 2 is 1.76 bits per heavy atom. The van der Waals surface area contributed by atoms with Crippen molar-refractivity contribution < 1.29 is 28.3 Å². The standard InChI is InChI=1S/C26H19BrClFN4O5/c27-16-6-8-17(9-7-16)30-23(34)13-33-25(36)21(32-26(33)37)12-15-5-10-22(18(28)11-15)38-14-24(35)31-20-4-2-1-3-19(20)29/h1-12H,13-14H2,(H,30,34)(H,31,35)(H,32,37)/b21-12-. The maximum absolute atomic E-state index is 13.7. The maximum atomic E-state index is 13.7. The Bertz CT molecular complexity index is 1450. The molecule has 1 fully saturated rings. The number of nitrogens with one attached hydrogen (secondary N) is 3. The van der Waals surface area contributed by atoms with E-state index in [1.165, 1.54) is 36.4 Å². The highest BCUT2D eigenvalue weighted by atomic mass is 79.9. The first-order valence-corrected chi connectivity index (χ1v) is 12.2. The topological polar surface area (TPSA) is 117 Å². The summed E-state index contributed by atoms with van der Waals surface area (Å²) in [7, 11) is 0. The molecule has 3 aromatic rings. The van der Waals surface area contributed by atoms with Gasteiger partial charge in [-0.15, -0.1) is 0 Å². The molecule has 12 heteroatoms. The lowest BCUT2D eigenvalue weighted by atomic mass is 10.2. The Kier molecular flexibility index (Phi) is 8.39. The van der Waals surface area contributed by atoms with Gasteiger partial charge in [0.1, 0.15) is 23.8 Å². The Balaban J connectivity index is 1.35. The lowest BCUT2D eigenvalue weighted by molar-refractivity contribution is -0.127. The number of nitrogens with zero attached hydrogens (tertiary/aromatic N) is 1. The van der Waals surface area contributed by atoms with E-state index in [4.69, 9.17) is 16.3 Å². The second-order valence-corrected chi connectivity index (χ2v) is 9.26.